The summed E-state index contributed by atoms with van der Waals surface area (Å²) in [6.45, 7) is 8.48. The summed E-state index contributed by atoms with van der Waals surface area (Å²) < 4.78 is 5.54. The maximum atomic E-state index is 5.54. The zero-order valence-corrected chi connectivity index (χ0v) is 13.6. The fourth-order valence-corrected chi connectivity index (χ4v) is 3.77. The van der Waals surface area contributed by atoms with Gasteiger partial charge in [-0.25, -0.2) is 4.98 Å². The van der Waals surface area contributed by atoms with E-state index in [-0.39, 0.29) is 0 Å². The third-order valence-electron chi connectivity index (χ3n) is 5.31. The van der Waals surface area contributed by atoms with E-state index in [2.05, 4.69) is 28.9 Å². The fourth-order valence-electron chi connectivity index (χ4n) is 3.77. The lowest BCUT2D eigenvalue weighted by atomic mass is 10.1. The number of nitrogens with zero attached hydrogens (tertiary/aromatic N) is 3. The molecule has 1 aromatic rings. The Morgan fingerprint density at radius 2 is 1.95 bits per heavy atom. The number of hydrogen-bond donors (Lipinski definition) is 0. The predicted octanol–water partition coefficient (Wildman–Crippen LogP) is 2.60. The van der Waals surface area contributed by atoms with Crippen molar-refractivity contribution < 1.29 is 4.74 Å². The van der Waals surface area contributed by atoms with Gasteiger partial charge < -0.3 is 9.64 Å². The highest BCUT2D eigenvalue weighted by molar-refractivity contribution is 5.49. The Kier molecular flexibility index (Phi) is 4.05. The van der Waals surface area contributed by atoms with Crippen LogP contribution in [0.1, 0.15) is 36.9 Å². The van der Waals surface area contributed by atoms with Crippen LogP contribution >= 0.6 is 0 Å². The zero-order valence-electron chi connectivity index (χ0n) is 13.6. The average molecular weight is 301 g/mol. The smallest absolute Gasteiger partial charge is 0.133 e. The van der Waals surface area contributed by atoms with Crippen LogP contribution in [0.15, 0.2) is 12.1 Å². The molecule has 1 saturated carbocycles. The van der Waals surface area contributed by atoms with Crippen LogP contribution < -0.4 is 4.90 Å². The number of rotatable bonds is 3. The van der Waals surface area contributed by atoms with Crippen LogP contribution in [0.5, 0.6) is 0 Å². The van der Waals surface area contributed by atoms with Crippen LogP contribution in [0.4, 0.5) is 5.82 Å². The largest absolute Gasteiger partial charge is 0.381 e. The Bertz CT molecular complexity index is 523. The van der Waals surface area contributed by atoms with Crippen molar-refractivity contribution in [2.24, 2.45) is 5.92 Å². The fraction of sp³-hybridized carbons (Fsp3) is 0.722. The summed E-state index contributed by atoms with van der Waals surface area (Å²) in [5.74, 6) is 2.16. The van der Waals surface area contributed by atoms with Crippen molar-refractivity contribution in [1.82, 2.24) is 9.88 Å². The molecule has 0 atom stereocenters. The predicted molar refractivity (Wildman–Crippen MR) is 88.2 cm³/mol. The van der Waals surface area contributed by atoms with Crippen molar-refractivity contribution in [3.05, 3.63) is 23.4 Å². The summed E-state index contributed by atoms with van der Waals surface area (Å²) in [7, 11) is 0. The van der Waals surface area contributed by atoms with Crippen LogP contribution in [0.25, 0.3) is 0 Å². The van der Waals surface area contributed by atoms with Gasteiger partial charge in [-0.1, -0.05) is 6.07 Å². The number of ether oxygens (including phenoxy) is 1. The molecule has 22 heavy (non-hydrogen) atoms. The maximum Gasteiger partial charge on any atom is 0.133 e. The maximum absolute atomic E-state index is 5.54. The summed E-state index contributed by atoms with van der Waals surface area (Å²) in [5, 5.41) is 0. The minimum absolute atomic E-state index is 0.684. The van der Waals surface area contributed by atoms with Crippen LogP contribution in [-0.4, -0.2) is 48.8 Å². The monoisotopic (exact) mass is 301 g/mol. The highest BCUT2D eigenvalue weighted by Gasteiger charge is 2.30. The van der Waals surface area contributed by atoms with Gasteiger partial charge in [-0.3, -0.25) is 4.90 Å². The Labute approximate surface area is 133 Å². The molecule has 1 aromatic heterocycles. The second kappa shape index (κ2) is 6.17. The molecule has 0 aromatic carbocycles. The molecule has 0 unspecified atom stereocenters. The molecule has 4 rings (SSSR count). The van der Waals surface area contributed by atoms with E-state index in [1.807, 2.05) is 0 Å². The number of hydrogen-bond acceptors (Lipinski definition) is 4. The summed E-state index contributed by atoms with van der Waals surface area (Å²) in [6, 6.07) is 5.15. The van der Waals surface area contributed by atoms with E-state index in [0.717, 1.165) is 44.5 Å². The molecule has 4 nitrogen and oxygen atoms in total. The van der Waals surface area contributed by atoms with Crippen LogP contribution in [0.3, 0.4) is 0 Å². The Hall–Kier alpha value is -1.13. The molecule has 4 heteroatoms. The first-order valence-electron chi connectivity index (χ1n) is 8.83. The number of aryl methyl sites for hydroxylation is 1. The standard InChI is InChI=1S/C18H27N3O/c1-14-2-5-16-13-20(17-6-10-22-11-7-17)8-9-21(18(16)19-14)12-15-3-4-15/h2,5,15,17H,3-4,6-13H2,1H3. The van der Waals surface area contributed by atoms with E-state index < -0.39 is 0 Å². The first kappa shape index (κ1) is 14.5. The first-order valence-corrected chi connectivity index (χ1v) is 8.83. The molecule has 2 fully saturated rings. The molecule has 120 valence electrons. The van der Waals surface area contributed by atoms with Gasteiger partial charge in [-0.05, 0) is 44.6 Å². The average Bonchev–Trinajstić information content (AvgIpc) is 3.37. The van der Waals surface area contributed by atoms with E-state index in [1.165, 1.54) is 43.6 Å². The normalized spacial score (nSPS) is 24.1. The minimum Gasteiger partial charge on any atom is -0.381 e. The van der Waals surface area contributed by atoms with Gasteiger partial charge in [-0.2, -0.15) is 0 Å². The molecule has 1 aliphatic carbocycles. The quantitative estimate of drug-likeness (QED) is 0.858. The zero-order chi connectivity index (χ0) is 14.9. The van der Waals surface area contributed by atoms with Gasteiger partial charge in [0.1, 0.15) is 5.82 Å². The summed E-state index contributed by atoms with van der Waals surface area (Å²) in [6.07, 6.45) is 5.16. The van der Waals surface area contributed by atoms with Crippen molar-refractivity contribution in [3.8, 4) is 0 Å². The summed E-state index contributed by atoms with van der Waals surface area (Å²) >= 11 is 0. The van der Waals surface area contributed by atoms with Gasteiger partial charge in [-0.15, -0.1) is 0 Å². The molecule has 3 aliphatic rings. The van der Waals surface area contributed by atoms with Gasteiger partial charge in [0.25, 0.3) is 0 Å². The molecule has 2 aliphatic heterocycles. The molecule has 0 bridgehead atoms. The number of anilines is 1. The van der Waals surface area contributed by atoms with Crippen molar-refractivity contribution in [2.75, 3.05) is 37.7 Å². The van der Waals surface area contributed by atoms with Crippen LogP contribution in [0, 0.1) is 12.8 Å². The molecular formula is C18H27N3O. The van der Waals surface area contributed by atoms with Crippen molar-refractivity contribution in [1.29, 1.82) is 0 Å². The van der Waals surface area contributed by atoms with E-state index in [1.54, 1.807) is 0 Å². The third-order valence-corrected chi connectivity index (χ3v) is 5.31. The molecule has 3 heterocycles. The van der Waals surface area contributed by atoms with Gasteiger partial charge in [0.2, 0.25) is 0 Å². The van der Waals surface area contributed by atoms with Crippen molar-refractivity contribution >= 4 is 5.82 Å². The summed E-state index contributed by atoms with van der Waals surface area (Å²) in [5.41, 5.74) is 2.55. The van der Waals surface area contributed by atoms with Gasteiger partial charge in [0.05, 0.1) is 0 Å². The molecule has 0 radical (unpaired) electrons. The molecule has 0 amide bonds. The van der Waals surface area contributed by atoms with Gasteiger partial charge >= 0.3 is 0 Å². The van der Waals surface area contributed by atoms with E-state index in [4.69, 9.17) is 9.72 Å². The van der Waals surface area contributed by atoms with E-state index in [0.29, 0.717) is 6.04 Å². The lowest BCUT2D eigenvalue weighted by Crippen LogP contribution is -2.41. The lowest BCUT2D eigenvalue weighted by Gasteiger charge is -2.33. The Morgan fingerprint density at radius 3 is 2.73 bits per heavy atom. The Balaban J connectivity index is 1.57. The SMILES string of the molecule is Cc1ccc2c(n1)N(CC1CC1)CCN(C1CCOCC1)C2. The number of pyridine rings is 1. The summed E-state index contributed by atoms with van der Waals surface area (Å²) in [4.78, 5) is 10.1. The van der Waals surface area contributed by atoms with E-state index >= 15 is 0 Å². The highest BCUT2D eigenvalue weighted by Crippen LogP contribution is 2.33. The first-order chi connectivity index (χ1) is 10.8. The minimum atomic E-state index is 0.684. The lowest BCUT2D eigenvalue weighted by molar-refractivity contribution is 0.0328. The second-order valence-electron chi connectivity index (χ2n) is 7.14. The van der Waals surface area contributed by atoms with Crippen molar-refractivity contribution in [2.45, 2.75) is 45.2 Å². The van der Waals surface area contributed by atoms with E-state index in [9.17, 15) is 0 Å². The Morgan fingerprint density at radius 1 is 1.14 bits per heavy atom. The number of fused-ring (bicyclic) bond motifs is 1. The number of aromatic nitrogens is 1. The molecular weight excluding hydrogens is 274 g/mol. The van der Waals surface area contributed by atoms with Gasteiger partial charge in [0, 0.05) is 56.7 Å². The van der Waals surface area contributed by atoms with Crippen LogP contribution in [0.2, 0.25) is 0 Å². The topological polar surface area (TPSA) is 28.6 Å². The van der Waals surface area contributed by atoms with Gasteiger partial charge in [0.15, 0.2) is 0 Å². The highest BCUT2D eigenvalue weighted by atomic mass is 16.5. The molecule has 0 spiro atoms. The molecule has 1 saturated heterocycles. The third kappa shape index (κ3) is 3.13. The van der Waals surface area contributed by atoms with Crippen molar-refractivity contribution in [3.63, 3.8) is 0 Å². The molecule has 0 N–H and O–H groups in total. The van der Waals surface area contributed by atoms with Crippen LogP contribution in [-0.2, 0) is 11.3 Å². The second-order valence-corrected chi connectivity index (χ2v) is 7.14.